The number of likely N-dealkylation sites (tertiary alicyclic amines) is 2. The Balaban J connectivity index is 1.36. The van der Waals surface area contributed by atoms with E-state index in [4.69, 9.17) is 0 Å². The summed E-state index contributed by atoms with van der Waals surface area (Å²) in [6, 6.07) is 1.69. The van der Waals surface area contributed by atoms with Gasteiger partial charge in [-0.25, -0.2) is 0 Å². The lowest BCUT2D eigenvalue weighted by Crippen LogP contribution is -2.38. The summed E-state index contributed by atoms with van der Waals surface area (Å²) in [5.41, 5.74) is 0. The summed E-state index contributed by atoms with van der Waals surface area (Å²) in [5.74, 6) is 0. The summed E-state index contributed by atoms with van der Waals surface area (Å²) >= 11 is 0. The number of rotatable bonds is 4. The van der Waals surface area contributed by atoms with Gasteiger partial charge in [-0.3, -0.25) is 4.90 Å². The van der Waals surface area contributed by atoms with Crippen molar-refractivity contribution in [1.29, 1.82) is 0 Å². The maximum atomic E-state index is 3.67. The second-order valence-electron chi connectivity index (χ2n) is 6.42. The predicted octanol–water partition coefficient (Wildman–Crippen LogP) is 1.69. The van der Waals surface area contributed by atoms with Crippen LogP contribution in [0.25, 0.3) is 0 Å². The molecule has 3 heterocycles. The minimum absolute atomic E-state index is 0.810. The molecule has 3 saturated heterocycles. The van der Waals surface area contributed by atoms with Crippen LogP contribution in [0, 0.1) is 0 Å². The second-order valence-corrected chi connectivity index (χ2v) is 6.42. The van der Waals surface area contributed by atoms with E-state index >= 15 is 0 Å². The minimum atomic E-state index is 0.810. The van der Waals surface area contributed by atoms with Crippen LogP contribution in [0.1, 0.15) is 44.9 Å². The molecule has 0 aliphatic carbocycles. The van der Waals surface area contributed by atoms with E-state index < -0.39 is 0 Å². The third kappa shape index (κ3) is 3.25. The van der Waals surface area contributed by atoms with Gasteiger partial charge in [0.15, 0.2) is 0 Å². The van der Waals surface area contributed by atoms with Gasteiger partial charge in [0.2, 0.25) is 0 Å². The van der Waals surface area contributed by atoms with Gasteiger partial charge in [-0.05, 0) is 71.2 Å². The van der Waals surface area contributed by atoms with E-state index in [9.17, 15) is 0 Å². The maximum absolute atomic E-state index is 3.67. The van der Waals surface area contributed by atoms with Crippen LogP contribution in [0.4, 0.5) is 0 Å². The number of nitrogens with zero attached hydrogens (tertiary/aromatic N) is 2. The van der Waals surface area contributed by atoms with E-state index in [1.165, 1.54) is 84.2 Å². The fourth-order valence-electron chi connectivity index (χ4n) is 3.93. The largest absolute Gasteiger partial charge is 0.314 e. The quantitative estimate of drug-likeness (QED) is 0.820. The van der Waals surface area contributed by atoms with Gasteiger partial charge in [0, 0.05) is 18.6 Å². The molecule has 0 radical (unpaired) electrons. The lowest BCUT2D eigenvalue weighted by atomic mass is 10.0. The molecule has 0 bridgehead atoms. The third-order valence-electron chi connectivity index (χ3n) is 5.11. The maximum Gasteiger partial charge on any atom is 0.0235 e. The van der Waals surface area contributed by atoms with Crippen molar-refractivity contribution in [2.45, 2.75) is 57.0 Å². The molecule has 18 heavy (non-hydrogen) atoms. The second kappa shape index (κ2) is 6.36. The van der Waals surface area contributed by atoms with E-state index in [1.807, 2.05) is 0 Å². The molecule has 3 fully saturated rings. The molecule has 0 aromatic heterocycles. The summed E-state index contributed by atoms with van der Waals surface area (Å²) in [7, 11) is 0. The molecule has 3 aliphatic heterocycles. The normalized spacial score (nSPS) is 35.3. The monoisotopic (exact) mass is 251 g/mol. The third-order valence-corrected chi connectivity index (χ3v) is 5.11. The molecule has 104 valence electrons. The molecule has 3 aliphatic rings. The van der Waals surface area contributed by atoms with Crippen LogP contribution >= 0.6 is 0 Å². The van der Waals surface area contributed by atoms with Crippen molar-refractivity contribution in [3.63, 3.8) is 0 Å². The first kappa shape index (κ1) is 12.9. The van der Waals surface area contributed by atoms with Crippen LogP contribution in [0.5, 0.6) is 0 Å². The Morgan fingerprint density at radius 3 is 2.61 bits per heavy atom. The van der Waals surface area contributed by atoms with Gasteiger partial charge in [-0.1, -0.05) is 6.42 Å². The molecule has 3 rings (SSSR count). The van der Waals surface area contributed by atoms with Crippen LogP contribution in [0.15, 0.2) is 0 Å². The van der Waals surface area contributed by atoms with Gasteiger partial charge >= 0.3 is 0 Å². The van der Waals surface area contributed by atoms with Crippen molar-refractivity contribution in [2.75, 3.05) is 39.3 Å². The standard InChI is InChI=1S/C15H29N3/c1-2-8-16-14(5-1)6-11-17-12-7-15(13-17)18-9-3-4-10-18/h14-16H,1-13H2. The molecular formula is C15H29N3. The minimum Gasteiger partial charge on any atom is -0.314 e. The smallest absolute Gasteiger partial charge is 0.0235 e. The number of hydrogen-bond acceptors (Lipinski definition) is 3. The zero-order valence-corrected chi connectivity index (χ0v) is 11.7. The average molecular weight is 251 g/mol. The Morgan fingerprint density at radius 2 is 1.83 bits per heavy atom. The van der Waals surface area contributed by atoms with Crippen LogP contribution in [-0.4, -0.2) is 61.2 Å². The molecule has 2 unspecified atom stereocenters. The molecule has 2 atom stereocenters. The number of piperidine rings is 1. The number of nitrogens with one attached hydrogen (secondary N) is 1. The highest BCUT2D eigenvalue weighted by Gasteiger charge is 2.29. The molecule has 0 saturated carbocycles. The van der Waals surface area contributed by atoms with E-state index in [0.717, 1.165) is 12.1 Å². The molecule has 0 spiro atoms. The average Bonchev–Trinajstić information content (AvgIpc) is 3.08. The van der Waals surface area contributed by atoms with Crippen molar-refractivity contribution in [1.82, 2.24) is 15.1 Å². The van der Waals surface area contributed by atoms with Gasteiger partial charge in [-0.15, -0.1) is 0 Å². The zero-order valence-electron chi connectivity index (χ0n) is 11.7. The summed E-state index contributed by atoms with van der Waals surface area (Å²) < 4.78 is 0. The summed E-state index contributed by atoms with van der Waals surface area (Å²) in [6.45, 7) is 7.98. The van der Waals surface area contributed by atoms with Crippen molar-refractivity contribution in [3.8, 4) is 0 Å². The summed E-state index contributed by atoms with van der Waals surface area (Å²) in [5, 5.41) is 3.67. The first-order chi connectivity index (χ1) is 8.92. The number of hydrogen-bond donors (Lipinski definition) is 1. The Morgan fingerprint density at radius 1 is 0.944 bits per heavy atom. The van der Waals surface area contributed by atoms with Gasteiger partial charge in [0.05, 0.1) is 0 Å². The van der Waals surface area contributed by atoms with Gasteiger partial charge < -0.3 is 10.2 Å². The Hall–Kier alpha value is -0.120. The SMILES string of the molecule is C1CCC(CCN2CCC(N3CCCC3)C2)NC1. The highest BCUT2D eigenvalue weighted by atomic mass is 15.3. The summed E-state index contributed by atoms with van der Waals surface area (Å²) in [6.07, 6.45) is 9.88. The molecule has 0 amide bonds. The van der Waals surface area contributed by atoms with Crippen molar-refractivity contribution < 1.29 is 0 Å². The lowest BCUT2D eigenvalue weighted by molar-refractivity contribution is 0.225. The molecule has 0 aromatic carbocycles. The predicted molar refractivity (Wildman–Crippen MR) is 75.9 cm³/mol. The van der Waals surface area contributed by atoms with Crippen molar-refractivity contribution >= 4 is 0 Å². The molecule has 3 nitrogen and oxygen atoms in total. The van der Waals surface area contributed by atoms with Crippen LogP contribution in [0.2, 0.25) is 0 Å². The highest BCUT2D eigenvalue weighted by molar-refractivity contribution is 4.86. The van der Waals surface area contributed by atoms with E-state index in [-0.39, 0.29) is 0 Å². The van der Waals surface area contributed by atoms with Crippen LogP contribution in [-0.2, 0) is 0 Å². The summed E-state index contributed by atoms with van der Waals surface area (Å²) in [4.78, 5) is 5.44. The first-order valence-corrected chi connectivity index (χ1v) is 8.11. The van der Waals surface area contributed by atoms with Crippen LogP contribution < -0.4 is 5.32 Å². The fourth-order valence-corrected chi connectivity index (χ4v) is 3.93. The topological polar surface area (TPSA) is 18.5 Å². The molecule has 1 N–H and O–H groups in total. The Kier molecular flexibility index (Phi) is 4.55. The zero-order chi connectivity index (χ0) is 12.2. The molecule has 3 heteroatoms. The van der Waals surface area contributed by atoms with E-state index in [0.29, 0.717) is 0 Å². The fraction of sp³-hybridized carbons (Fsp3) is 1.00. The van der Waals surface area contributed by atoms with Crippen molar-refractivity contribution in [2.24, 2.45) is 0 Å². The van der Waals surface area contributed by atoms with E-state index in [1.54, 1.807) is 0 Å². The van der Waals surface area contributed by atoms with Gasteiger partial charge in [0.25, 0.3) is 0 Å². The van der Waals surface area contributed by atoms with Crippen molar-refractivity contribution in [3.05, 3.63) is 0 Å². The Bertz CT molecular complexity index is 244. The Labute approximate surface area is 112 Å². The first-order valence-electron chi connectivity index (χ1n) is 8.11. The van der Waals surface area contributed by atoms with Crippen LogP contribution in [0.3, 0.4) is 0 Å². The molecule has 0 aromatic rings. The molecular weight excluding hydrogens is 222 g/mol. The highest BCUT2D eigenvalue weighted by Crippen LogP contribution is 2.21. The van der Waals surface area contributed by atoms with Gasteiger partial charge in [-0.2, -0.15) is 0 Å². The van der Waals surface area contributed by atoms with Gasteiger partial charge in [0.1, 0.15) is 0 Å². The van der Waals surface area contributed by atoms with E-state index in [2.05, 4.69) is 15.1 Å². The lowest BCUT2D eigenvalue weighted by Gasteiger charge is -2.27.